The second-order valence-electron chi connectivity index (χ2n) is 1.56. The lowest BCUT2D eigenvalue weighted by atomic mass is 10.3. The largest absolute Gasteiger partial charge is 0.508 e. The normalized spacial score (nSPS) is 9.33. The van der Waals surface area contributed by atoms with Crippen molar-refractivity contribution in [1.82, 2.24) is 0 Å². The third-order valence-electron chi connectivity index (χ3n) is 0.897. The van der Waals surface area contributed by atoms with E-state index in [-0.39, 0.29) is 5.75 Å². The molecule has 2 nitrogen and oxygen atoms in total. The molecule has 1 aromatic rings. The fraction of sp³-hybridized carbons (Fsp3) is 0. The molecule has 0 aromatic heterocycles. The first kappa shape index (κ1) is 6.67. The molecule has 0 unspecified atom stereocenters. The van der Waals surface area contributed by atoms with Gasteiger partial charge >= 0.3 is 0 Å². The zero-order chi connectivity index (χ0) is 6.69. The first-order valence-electron chi connectivity index (χ1n) is 2.39. The third-order valence-corrected chi connectivity index (χ3v) is 2.08. The number of benzene rings is 1. The van der Waals surface area contributed by atoms with E-state index >= 15 is 0 Å². The van der Waals surface area contributed by atoms with Gasteiger partial charge < -0.3 is 5.11 Å². The summed E-state index contributed by atoms with van der Waals surface area (Å²) in [5.41, 5.74) is 0. The van der Waals surface area contributed by atoms with Gasteiger partial charge in [0.15, 0.2) is 21.2 Å². The fourth-order valence-electron chi connectivity index (χ4n) is 0.524. The highest BCUT2D eigenvalue weighted by molar-refractivity contribution is 14.1. The summed E-state index contributed by atoms with van der Waals surface area (Å²) in [6.07, 6.45) is 0. The lowest BCUT2D eigenvalue weighted by Crippen LogP contribution is -1.67. The Labute approximate surface area is 63.2 Å². The Bertz CT molecular complexity index is 222. The van der Waals surface area contributed by atoms with Crippen molar-refractivity contribution in [1.29, 1.82) is 0 Å². The Hall–Kier alpha value is -0.450. The molecule has 0 aliphatic heterocycles. The molecule has 48 valence electrons. The van der Waals surface area contributed by atoms with E-state index in [0.717, 1.165) is 3.57 Å². The molecule has 0 amide bonds. The van der Waals surface area contributed by atoms with Crippen LogP contribution in [-0.4, -0.2) is 5.11 Å². The van der Waals surface area contributed by atoms with E-state index in [0.29, 0.717) is 0 Å². The number of hydrogen-bond donors (Lipinski definition) is 1. The van der Waals surface area contributed by atoms with Gasteiger partial charge in [-0.2, -0.15) is 0 Å². The summed E-state index contributed by atoms with van der Waals surface area (Å²) >= 11 is -1.12. The van der Waals surface area contributed by atoms with Gasteiger partial charge in [-0.15, -0.1) is 0 Å². The standard InChI is InChI=1S/C6H5IO2/c8-6-3-1-2-5(4-6)7-9/h1-4,8H. The average molecular weight is 236 g/mol. The number of halogens is 1. The molecule has 3 heteroatoms. The van der Waals surface area contributed by atoms with Crippen molar-refractivity contribution >= 4 is 21.2 Å². The summed E-state index contributed by atoms with van der Waals surface area (Å²) < 4.78 is 11.0. The molecule has 9 heavy (non-hydrogen) atoms. The van der Waals surface area contributed by atoms with E-state index in [4.69, 9.17) is 5.11 Å². The Kier molecular flexibility index (Phi) is 2.16. The average Bonchev–Trinajstić information content (AvgIpc) is 1.88. The molecule has 0 radical (unpaired) electrons. The molecule has 1 aromatic carbocycles. The maximum Gasteiger partial charge on any atom is 0.182 e. The molecular weight excluding hydrogens is 231 g/mol. The van der Waals surface area contributed by atoms with Gasteiger partial charge in [0.05, 0.1) is 3.57 Å². The smallest absolute Gasteiger partial charge is 0.182 e. The van der Waals surface area contributed by atoms with Crippen LogP contribution >= 0.6 is 21.2 Å². The molecule has 1 rings (SSSR count). The van der Waals surface area contributed by atoms with Crippen molar-refractivity contribution < 1.29 is 8.18 Å². The number of phenolic OH excluding ortho intramolecular Hbond substituents is 1. The molecule has 0 saturated carbocycles. The summed E-state index contributed by atoms with van der Waals surface area (Å²) in [5, 5.41) is 8.82. The van der Waals surface area contributed by atoms with E-state index in [2.05, 4.69) is 0 Å². The van der Waals surface area contributed by atoms with Crippen molar-refractivity contribution in [2.75, 3.05) is 0 Å². The summed E-state index contributed by atoms with van der Waals surface area (Å²) in [7, 11) is 0. The zero-order valence-corrected chi connectivity index (χ0v) is 6.70. The molecule has 0 aliphatic carbocycles. The van der Waals surface area contributed by atoms with Gasteiger partial charge in [-0.1, -0.05) is 6.07 Å². The number of hydrogen-bond acceptors (Lipinski definition) is 2. The summed E-state index contributed by atoms with van der Waals surface area (Å²) in [5.74, 6) is 0.183. The first-order chi connectivity index (χ1) is 4.33. The Morgan fingerprint density at radius 1 is 1.44 bits per heavy atom. The van der Waals surface area contributed by atoms with Gasteiger partial charge in [0.2, 0.25) is 0 Å². The van der Waals surface area contributed by atoms with Crippen molar-refractivity contribution in [3.05, 3.63) is 27.8 Å². The second-order valence-corrected chi connectivity index (χ2v) is 3.24. The highest BCUT2D eigenvalue weighted by atomic mass is 127. The van der Waals surface area contributed by atoms with Crippen molar-refractivity contribution in [2.45, 2.75) is 0 Å². The lowest BCUT2D eigenvalue weighted by Gasteiger charge is -1.88. The van der Waals surface area contributed by atoms with E-state index in [1.54, 1.807) is 18.2 Å². The van der Waals surface area contributed by atoms with Crippen LogP contribution in [0.4, 0.5) is 0 Å². The van der Waals surface area contributed by atoms with E-state index in [9.17, 15) is 3.07 Å². The van der Waals surface area contributed by atoms with E-state index < -0.39 is 21.2 Å². The molecule has 0 saturated heterocycles. The quantitative estimate of drug-likeness (QED) is 0.755. The van der Waals surface area contributed by atoms with Crippen LogP contribution in [0, 0.1) is 3.57 Å². The number of rotatable bonds is 1. The second kappa shape index (κ2) is 2.91. The number of aromatic hydroxyl groups is 1. The zero-order valence-electron chi connectivity index (χ0n) is 4.54. The third kappa shape index (κ3) is 1.74. The molecule has 0 spiro atoms. The minimum Gasteiger partial charge on any atom is -0.508 e. The van der Waals surface area contributed by atoms with Crippen LogP contribution in [-0.2, 0) is 3.07 Å². The van der Waals surface area contributed by atoms with Crippen molar-refractivity contribution in [3.8, 4) is 5.75 Å². The maximum atomic E-state index is 10.3. The molecule has 0 fully saturated rings. The van der Waals surface area contributed by atoms with Crippen LogP contribution in [0.2, 0.25) is 0 Å². The van der Waals surface area contributed by atoms with Crippen molar-refractivity contribution in [2.24, 2.45) is 0 Å². The molecular formula is C6H5IO2. The molecule has 1 N–H and O–H groups in total. The summed E-state index contributed by atoms with van der Waals surface area (Å²) in [4.78, 5) is 0. The maximum absolute atomic E-state index is 10.3. The SMILES string of the molecule is O=Ic1cccc(O)c1. The van der Waals surface area contributed by atoms with Crippen LogP contribution in [0.3, 0.4) is 0 Å². The highest BCUT2D eigenvalue weighted by Gasteiger charge is 1.89. The fourth-order valence-corrected chi connectivity index (χ4v) is 1.32. The van der Waals surface area contributed by atoms with E-state index in [1.165, 1.54) is 6.07 Å². The van der Waals surface area contributed by atoms with Crippen LogP contribution < -0.4 is 0 Å². The molecule has 0 heterocycles. The van der Waals surface area contributed by atoms with Crippen LogP contribution in [0.5, 0.6) is 5.75 Å². The summed E-state index contributed by atoms with van der Waals surface area (Å²) in [6.45, 7) is 0. The first-order valence-corrected chi connectivity index (χ1v) is 4.35. The summed E-state index contributed by atoms with van der Waals surface area (Å²) in [6, 6.07) is 6.49. The molecule has 0 aliphatic rings. The number of phenols is 1. The minimum absolute atomic E-state index is 0.183. The van der Waals surface area contributed by atoms with Gasteiger partial charge in [-0.3, -0.25) is 3.07 Å². The predicted molar refractivity (Wildman–Crippen MR) is 41.5 cm³/mol. The Balaban J connectivity index is 3.07. The van der Waals surface area contributed by atoms with Crippen LogP contribution in [0.15, 0.2) is 24.3 Å². The Morgan fingerprint density at radius 2 is 2.22 bits per heavy atom. The van der Waals surface area contributed by atoms with Crippen LogP contribution in [0.1, 0.15) is 0 Å². The van der Waals surface area contributed by atoms with Gasteiger partial charge in [0.25, 0.3) is 0 Å². The molecule has 0 atom stereocenters. The van der Waals surface area contributed by atoms with Gasteiger partial charge in [-0.25, -0.2) is 0 Å². The van der Waals surface area contributed by atoms with Crippen LogP contribution in [0.25, 0.3) is 0 Å². The predicted octanol–water partition coefficient (Wildman–Crippen LogP) is 1.88. The van der Waals surface area contributed by atoms with Gasteiger partial charge in [-0.05, 0) is 18.2 Å². The highest BCUT2D eigenvalue weighted by Crippen LogP contribution is 2.15. The van der Waals surface area contributed by atoms with Crippen molar-refractivity contribution in [3.63, 3.8) is 0 Å². The molecule has 0 bridgehead atoms. The Morgan fingerprint density at radius 3 is 2.67 bits per heavy atom. The van der Waals surface area contributed by atoms with Gasteiger partial charge in [0.1, 0.15) is 5.75 Å². The minimum atomic E-state index is -1.12. The topological polar surface area (TPSA) is 37.3 Å². The lowest BCUT2D eigenvalue weighted by molar-refractivity contribution is 0.475. The monoisotopic (exact) mass is 236 g/mol. The van der Waals surface area contributed by atoms with Gasteiger partial charge in [0, 0.05) is 0 Å². The van der Waals surface area contributed by atoms with E-state index in [1.807, 2.05) is 0 Å².